The van der Waals surface area contributed by atoms with Crippen molar-refractivity contribution in [2.75, 3.05) is 0 Å². The molecule has 24 heavy (non-hydrogen) atoms. The highest BCUT2D eigenvalue weighted by Crippen LogP contribution is 2.32. The maximum Gasteiger partial charge on any atom is 0.136 e. The van der Waals surface area contributed by atoms with E-state index in [1.54, 1.807) is 29.5 Å². The monoisotopic (exact) mass is 371 g/mol. The zero-order valence-corrected chi connectivity index (χ0v) is 14.7. The molecule has 2 aromatic heterocycles. The topological polar surface area (TPSA) is 26.0 Å². The van der Waals surface area contributed by atoms with E-state index in [1.807, 2.05) is 42.5 Å². The van der Waals surface area contributed by atoms with Gasteiger partial charge in [-0.2, -0.15) is 0 Å². The van der Waals surface area contributed by atoms with E-state index in [1.165, 1.54) is 4.70 Å². The quantitative estimate of drug-likeness (QED) is 0.386. The molecule has 0 unspecified atom stereocenters. The molecule has 0 spiro atoms. The first kappa shape index (κ1) is 15.5. The minimum absolute atomic E-state index is 0.607. The van der Waals surface area contributed by atoms with Crippen LogP contribution >= 0.6 is 34.5 Å². The number of thiazole rings is 1. The molecule has 0 saturated heterocycles. The molecule has 0 aliphatic heterocycles. The highest BCUT2D eigenvalue weighted by Gasteiger charge is 2.08. The lowest BCUT2D eigenvalue weighted by Crippen LogP contribution is -1.76. The van der Waals surface area contributed by atoms with Gasteiger partial charge in [-0.15, -0.1) is 11.3 Å². The van der Waals surface area contributed by atoms with Gasteiger partial charge in [-0.1, -0.05) is 35.3 Å². The Morgan fingerprint density at radius 2 is 1.83 bits per heavy atom. The van der Waals surface area contributed by atoms with Gasteiger partial charge in [0.15, 0.2) is 0 Å². The van der Waals surface area contributed by atoms with Gasteiger partial charge in [0.2, 0.25) is 0 Å². The van der Waals surface area contributed by atoms with Gasteiger partial charge in [-0.3, -0.25) is 0 Å². The Balaban J connectivity index is 1.61. The van der Waals surface area contributed by atoms with Crippen LogP contribution in [0.2, 0.25) is 10.0 Å². The zero-order valence-electron chi connectivity index (χ0n) is 12.4. The molecule has 0 atom stereocenters. The summed E-state index contributed by atoms with van der Waals surface area (Å²) in [5.41, 5.74) is 1.79. The van der Waals surface area contributed by atoms with Crippen LogP contribution in [0.15, 0.2) is 59.0 Å². The van der Waals surface area contributed by atoms with Crippen LogP contribution in [0.4, 0.5) is 0 Å². The number of hydrogen-bond donors (Lipinski definition) is 0. The van der Waals surface area contributed by atoms with Crippen LogP contribution in [-0.4, -0.2) is 4.98 Å². The van der Waals surface area contributed by atoms with Gasteiger partial charge in [0.05, 0.1) is 15.2 Å². The molecule has 0 fully saturated rings. The molecule has 118 valence electrons. The number of nitrogens with zero attached hydrogens (tertiary/aromatic N) is 1. The summed E-state index contributed by atoms with van der Waals surface area (Å²) in [5, 5.41) is 2.17. The molecule has 0 bridgehead atoms. The Hall–Kier alpha value is -2.07. The minimum atomic E-state index is 0.607. The average Bonchev–Trinajstić information content (AvgIpc) is 3.21. The number of para-hydroxylation sites is 1. The number of rotatable bonds is 3. The van der Waals surface area contributed by atoms with Crippen molar-refractivity contribution in [3.8, 4) is 11.3 Å². The van der Waals surface area contributed by atoms with Crippen molar-refractivity contribution in [3.63, 3.8) is 0 Å². The summed E-state index contributed by atoms with van der Waals surface area (Å²) in [6, 6.07) is 17.2. The van der Waals surface area contributed by atoms with Gasteiger partial charge in [-0.25, -0.2) is 4.98 Å². The normalized spacial score (nSPS) is 11.6. The fourth-order valence-electron chi connectivity index (χ4n) is 2.39. The predicted molar refractivity (Wildman–Crippen MR) is 103 cm³/mol. The summed E-state index contributed by atoms with van der Waals surface area (Å²) in [7, 11) is 0. The number of halogens is 2. The average molecular weight is 372 g/mol. The van der Waals surface area contributed by atoms with Crippen LogP contribution < -0.4 is 0 Å². The first-order valence-electron chi connectivity index (χ1n) is 7.28. The first-order valence-corrected chi connectivity index (χ1v) is 8.85. The van der Waals surface area contributed by atoms with Crippen molar-refractivity contribution in [2.24, 2.45) is 0 Å². The van der Waals surface area contributed by atoms with E-state index in [-0.39, 0.29) is 0 Å². The second-order valence-corrected chi connectivity index (χ2v) is 7.09. The summed E-state index contributed by atoms with van der Waals surface area (Å²) in [4.78, 5) is 4.57. The molecule has 2 nitrogen and oxygen atoms in total. The van der Waals surface area contributed by atoms with Crippen LogP contribution in [0.5, 0.6) is 0 Å². The van der Waals surface area contributed by atoms with Crippen LogP contribution in [0.25, 0.3) is 33.7 Å². The molecule has 5 heteroatoms. The van der Waals surface area contributed by atoms with E-state index in [4.69, 9.17) is 27.6 Å². The molecular weight excluding hydrogens is 361 g/mol. The van der Waals surface area contributed by atoms with Gasteiger partial charge < -0.3 is 4.42 Å². The third kappa shape index (κ3) is 3.11. The Morgan fingerprint density at radius 3 is 2.71 bits per heavy atom. The summed E-state index contributed by atoms with van der Waals surface area (Å²) < 4.78 is 7.02. The van der Waals surface area contributed by atoms with Crippen molar-refractivity contribution < 1.29 is 4.42 Å². The maximum absolute atomic E-state index is 6.21. The molecule has 0 radical (unpaired) electrons. The Labute approximate surface area is 153 Å². The molecule has 0 N–H and O–H groups in total. The van der Waals surface area contributed by atoms with Crippen molar-refractivity contribution in [1.82, 2.24) is 4.98 Å². The fourth-order valence-corrected chi connectivity index (χ4v) is 3.64. The Morgan fingerprint density at radius 1 is 0.958 bits per heavy atom. The van der Waals surface area contributed by atoms with E-state index >= 15 is 0 Å². The van der Waals surface area contributed by atoms with Crippen molar-refractivity contribution in [3.05, 3.63) is 75.4 Å². The van der Waals surface area contributed by atoms with E-state index in [2.05, 4.69) is 11.1 Å². The SMILES string of the molecule is Clc1ccc(Cl)c(-c2ccc(/C=C/c3nc4ccccc4s3)o2)c1. The van der Waals surface area contributed by atoms with Gasteiger partial charge in [0.1, 0.15) is 16.5 Å². The highest BCUT2D eigenvalue weighted by molar-refractivity contribution is 7.19. The van der Waals surface area contributed by atoms with Gasteiger partial charge in [-0.05, 0) is 54.6 Å². The van der Waals surface area contributed by atoms with Crippen LogP contribution in [0.1, 0.15) is 10.8 Å². The second-order valence-electron chi connectivity index (χ2n) is 5.18. The lowest BCUT2D eigenvalue weighted by Gasteiger charge is -2.00. The fraction of sp³-hybridized carbons (Fsp3) is 0. The lowest BCUT2D eigenvalue weighted by molar-refractivity contribution is 0.572. The lowest BCUT2D eigenvalue weighted by atomic mass is 10.2. The van der Waals surface area contributed by atoms with E-state index < -0.39 is 0 Å². The molecule has 4 aromatic rings. The predicted octanol–water partition coefficient (Wildman–Crippen LogP) is 7.03. The molecule has 0 saturated carbocycles. The van der Waals surface area contributed by atoms with E-state index in [0.717, 1.165) is 21.8 Å². The van der Waals surface area contributed by atoms with Crippen LogP contribution in [0.3, 0.4) is 0 Å². The summed E-state index contributed by atoms with van der Waals surface area (Å²) in [5.74, 6) is 1.42. The van der Waals surface area contributed by atoms with Crippen molar-refractivity contribution in [2.45, 2.75) is 0 Å². The van der Waals surface area contributed by atoms with Gasteiger partial charge >= 0.3 is 0 Å². The smallest absolute Gasteiger partial charge is 0.136 e. The van der Waals surface area contributed by atoms with Gasteiger partial charge in [0.25, 0.3) is 0 Å². The molecule has 2 aromatic carbocycles. The van der Waals surface area contributed by atoms with Crippen molar-refractivity contribution in [1.29, 1.82) is 0 Å². The number of furan rings is 1. The number of aromatic nitrogens is 1. The van der Waals surface area contributed by atoms with Crippen molar-refractivity contribution >= 4 is 56.9 Å². The standard InChI is InChI=1S/C19H11Cl2NOS/c20-12-5-8-15(21)14(11-12)17-9-6-13(23-17)7-10-19-22-16-3-1-2-4-18(16)24-19/h1-11H/b10-7+. The third-order valence-corrected chi connectivity index (χ3v) is 5.09. The number of benzene rings is 2. The maximum atomic E-state index is 6.21. The summed E-state index contributed by atoms with van der Waals surface area (Å²) >= 11 is 13.9. The highest BCUT2D eigenvalue weighted by atomic mass is 35.5. The Bertz CT molecular complexity index is 1020. The zero-order chi connectivity index (χ0) is 16.5. The van der Waals surface area contributed by atoms with Gasteiger partial charge in [0, 0.05) is 10.6 Å². The summed E-state index contributed by atoms with van der Waals surface area (Å²) in [6.45, 7) is 0. The van der Waals surface area contributed by atoms with Crippen LogP contribution in [0, 0.1) is 0 Å². The molecule has 0 aliphatic rings. The molecular formula is C19H11Cl2NOS. The number of fused-ring (bicyclic) bond motifs is 1. The number of hydrogen-bond acceptors (Lipinski definition) is 3. The second kappa shape index (κ2) is 6.44. The minimum Gasteiger partial charge on any atom is -0.457 e. The summed E-state index contributed by atoms with van der Waals surface area (Å²) in [6.07, 6.45) is 3.85. The molecule has 2 heterocycles. The van der Waals surface area contributed by atoms with E-state index in [9.17, 15) is 0 Å². The molecule has 0 aliphatic carbocycles. The largest absolute Gasteiger partial charge is 0.457 e. The first-order chi connectivity index (χ1) is 11.7. The molecule has 0 amide bonds. The van der Waals surface area contributed by atoms with Crippen LogP contribution in [-0.2, 0) is 0 Å². The molecule has 4 rings (SSSR count). The third-order valence-electron chi connectivity index (χ3n) is 3.52. The van der Waals surface area contributed by atoms with E-state index in [0.29, 0.717) is 15.8 Å². The Kier molecular flexibility index (Phi) is 4.15.